The zero-order valence-electron chi connectivity index (χ0n) is 14.4. The van der Waals surface area contributed by atoms with E-state index in [2.05, 4.69) is 10.6 Å². The minimum absolute atomic E-state index is 0.0144. The molecule has 0 aliphatic rings. The summed E-state index contributed by atoms with van der Waals surface area (Å²) in [6.45, 7) is -0.200. The number of carbonyl (C=O) groups excluding carboxylic acids is 2. The van der Waals surface area contributed by atoms with Crippen LogP contribution in [0.5, 0.6) is 5.75 Å². The van der Waals surface area contributed by atoms with E-state index in [1.54, 1.807) is 37.4 Å². The molecule has 0 bridgehead atoms. The topological polar surface area (TPSA) is 87.7 Å². The summed E-state index contributed by atoms with van der Waals surface area (Å²) in [5.41, 5.74) is 1.17. The van der Waals surface area contributed by atoms with Gasteiger partial charge in [0.2, 0.25) is 11.8 Å². The van der Waals surface area contributed by atoms with E-state index in [1.165, 1.54) is 18.2 Å². The standard InChI is InChI=1S/C19H21FN2O4/c1-26-16-7-5-14(6-8-16)17(23)11-21-19(25)12-22-18(24)10-13-3-2-4-15(20)9-13/h2-9,17,23H,10-12H2,1H3,(H,21,25)(H,22,24). The lowest BCUT2D eigenvalue weighted by molar-refractivity contribution is -0.126. The quantitative estimate of drug-likeness (QED) is 0.663. The molecular formula is C19H21FN2O4. The number of methoxy groups -OCH3 is 1. The van der Waals surface area contributed by atoms with Crippen LogP contribution in [0.4, 0.5) is 4.39 Å². The number of rotatable bonds is 8. The molecule has 0 aliphatic carbocycles. The average molecular weight is 360 g/mol. The van der Waals surface area contributed by atoms with Crippen molar-refractivity contribution in [3.05, 3.63) is 65.5 Å². The summed E-state index contributed by atoms with van der Waals surface area (Å²) in [7, 11) is 1.55. The summed E-state index contributed by atoms with van der Waals surface area (Å²) in [4.78, 5) is 23.5. The van der Waals surface area contributed by atoms with Crippen molar-refractivity contribution in [3.63, 3.8) is 0 Å². The summed E-state index contributed by atoms with van der Waals surface area (Å²) in [5, 5.41) is 15.1. The minimum atomic E-state index is -0.868. The fourth-order valence-electron chi connectivity index (χ4n) is 2.29. The number of amides is 2. The number of halogens is 1. The maximum atomic E-state index is 13.1. The Labute approximate surface area is 151 Å². The van der Waals surface area contributed by atoms with Gasteiger partial charge in [0, 0.05) is 6.54 Å². The molecule has 0 heterocycles. The average Bonchev–Trinajstić information content (AvgIpc) is 2.64. The van der Waals surface area contributed by atoms with E-state index in [-0.39, 0.29) is 25.4 Å². The van der Waals surface area contributed by atoms with E-state index in [4.69, 9.17) is 4.74 Å². The van der Waals surface area contributed by atoms with Crippen LogP contribution in [0.25, 0.3) is 0 Å². The molecule has 3 N–H and O–H groups in total. The largest absolute Gasteiger partial charge is 0.497 e. The van der Waals surface area contributed by atoms with Gasteiger partial charge in [0.15, 0.2) is 0 Å². The van der Waals surface area contributed by atoms with Crippen LogP contribution in [-0.4, -0.2) is 37.1 Å². The normalized spacial score (nSPS) is 11.5. The first-order valence-electron chi connectivity index (χ1n) is 8.08. The molecule has 2 amide bonds. The summed E-state index contributed by atoms with van der Waals surface area (Å²) < 4.78 is 18.1. The summed E-state index contributed by atoms with van der Waals surface area (Å²) in [6.07, 6.45) is -0.882. The number of hydrogen-bond acceptors (Lipinski definition) is 4. The molecule has 0 radical (unpaired) electrons. The van der Waals surface area contributed by atoms with Crippen LogP contribution in [-0.2, 0) is 16.0 Å². The number of aliphatic hydroxyl groups is 1. The molecule has 138 valence electrons. The van der Waals surface area contributed by atoms with Gasteiger partial charge in [-0.1, -0.05) is 24.3 Å². The lowest BCUT2D eigenvalue weighted by Gasteiger charge is -2.13. The third kappa shape index (κ3) is 6.18. The molecule has 2 aromatic carbocycles. The molecular weight excluding hydrogens is 339 g/mol. The molecule has 0 saturated carbocycles. The van der Waals surface area contributed by atoms with Crippen molar-refractivity contribution in [3.8, 4) is 5.75 Å². The van der Waals surface area contributed by atoms with Crippen LogP contribution in [0.3, 0.4) is 0 Å². The Morgan fingerprint density at radius 1 is 1.12 bits per heavy atom. The van der Waals surface area contributed by atoms with Gasteiger partial charge in [-0.3, -0.25) is 9.59 Å². The van der Waals surface area contributed by atoms with E-state index in [0.29, 0.717) is 16.9 Å². The number of hydrogen-bond donors (Lipinski definition) is 3. The van der Waals surface area contributed by atoms with Crippen LogP contribution in [0.1, 0.15) is 17.2 Å². The van der Waals surface area contributed by atoms with E-state index < -0.39 is 17.8 Å². The summed E-state index contributed by atoms with van der Waals surface area (Å²) in [6, 6.07) is 12.6. The SMILES string of the molecule is COc1ccc(C(O)CNC(=O)CNC(=O)Cc2cccc(F)c2)cc1. The Kier molecular flexibility index (Phi) is 7.11. The molecule has 0 aromatic heterocycles. The van der Waals surface area contributed by atoms with Gasteiger partial charge in [-0.25, -0.2) is 4.39 Å². The highest BCUT2D eigenvalue weighted by atomic mass is 19.1. The summed E-state index contributed by atoms with van der Waals surface area (Å²) >= 11 is 0. The van der Waals surface area contributed by atoms with Crippen LogP contribution < -0.4 is 15.4 Å². The second-order valence-electron chi connectivity index (χ2n) is 5.68. The van der Waals surface area contributed by atoms with Crippen molar-refractivity contribution in [1.29, 1.82) is 0 Å². The number of aliphatic hydroxyl groups excluding tert-OH is 1. The smallest absolute Gasteiger partial charge is 0.239 e. The fourth-order valence-corrected chi connectivity index (χ4v) is 2.29. The Morgan fingerprint density at radius 3 is 2.50 bits per heavy atom. The van der Waals surface area contributed by atoms with Crippen LogP contribution >= 0.6 is 0 Å². The van der Waals surface area contributed by atoms with Crippen molar-refractivity contribution in [1.82, 2.24) is 10.6 Å². The predicted octanol–water partition coefficient (Wildman–Crippen LogP) is 1.34. The van der Waals surface area contributed by atoms with Gasteiger partial charge < -0.3 is 20.5 Å². The zero-order valence-corrected chi connectivity index (χ0v) is 14.4. The van der Waals surface area contributed by atoms with Gasteiger partial charge in [-0.2, -0.15) is 0 Å². The minimum Gasteiger partial charge on any atom is -0.497 e. The first-order chi connectivity index (χ1) is 12.5. The Bertz CT molecular complexity index is 749. The van der Waals surface area contributed by atoms with Crippen molar-refractivity contribution < 1.29 is 23.8 Å². The lowest BCUT2D eigenvalue weighted by atomic mass is 10.1. The molecule has 26 heavy (non-hydrogen) atoms. The number of ether oxygens (including phenoxy) is 1. The first-order valence-corrected chi connectivity index (χ1v) is 8.08. The van der Waals surface area contributed by atoms with Crippen molar-refractivity contribution in [2.45, 2.75) is 12.5 Å². The highest BCUT2D eigenvalue weighted by Crippen LogP contribution is 2.16. The molecule has 0 fully saturated rings. The number of nitrogens with one attached hydrogen (secondary N) is 2. The van der Waals surface area contributed by atoms with E-state index >= 15 is 0 Å². The zero-order chi connectivity index (χ0) is 18.9. The monoisotopic (exact) mass is 360 g/mol. The summed E-state index contributed by atoms with van der Waals surface area (Å²) in [5.74, 6) is -0.557. The molecule has 1 atom stereocenters. The van der Waals surface area contributed by atoms with E-state index in [1.807, 2.05) is 0 Å². The van der Waals surface area contributed by atoms with Gasteiger partial charge in [0.1, 0.15) is 11.6 Å². The van der Waals surface area contributed by atoms with Crippen molar-refractivity contribution in [2.24, 2.45) is 0 Å². The highest BCUT2D eigenvalue weighted by Gasteiger charge is 2.11. The third-order valence-electron chi connectivity index (χ3n) is 3.69. The molecule has 1 unspecified atom stereocenters. The molecule has 2 aromatic rings. The van der Waals surface area contributed by atoms with Gasteiger partial charge in [0.05, 0.1) is 26.2 Å². The molecule has 0 aliphatic heterocycles. The van der Waals surface area contributed by atoms with E-state index in [0.717, 1.165) is 0 Å². The fraction of sp³-hybridized carbons (Fsp3) is 0.263. The Balaban J connectivity index is 1.71. The van der Waals surface area contributed by atoms with Crippen molar-refractivity contribution >= 4 is 11.8 Å². The maximum Gasteiger partial charge on any atom is 0.239 e. The molecule has 2 rings (SSSR count). The Hall–Kier alpha value is -2.93. The number of benzene rings is 2. The molecule has 0 saturated heterocycles. The maximum absolute atomic E-state index is 13.1. The molecule has 7 heteroatoms. The number of carbonyl (C=O) groups is 2. The first kappa shape index (κ1) is 19.4. The van der Waals surface area contributed by atoms with Gasteiger partial charge >= 0.3 is 0 Å². The highest BCUT2D eigenvalue weighted by molar-refractivity contribution is 5.85. The predicted molar refractivity (Wildman–Crippen MR) is 94.1 cm³/mol. The van der Waals surface area contributed by atoms with Crippen LogP contribution in [0, 0.1) is 5.82 Å². The Morgan fingerprint density at radius 2 is 1.85 bits per heavy atom. The van der Waals surface area contributed by atoms with Crippen molar-refractivity contribution in [2.75, 3.05) is 20.2 Å². The molecule has 0 spiro atoms. The molecule has 6 nitrogen and oxygen atoms in total. The van der Waals surface area contributed by atoms with Gasteiger partial charge in [0.25, 0.3) is 0 Å². The van der Waals surface area contributed by atoms with Gasteiger partial charge in [-0.15, -0.1) is 0 Å². The third-order valence-corrected chi connectivity index (χ3v) is 3.69. The van der Waals surface area contributed by atoms with Gasteiger partial charge in [-0.05, 0) is 35.4 Å². The second-order valence-corrected chi connectivity index (χ2v) is 5.68. The second kappa shape index (κ2) is 9.53. The van der Waals surface area contributed by atoms with Crippen LogP contribution in [0.2, 0.25) is 0 Å². The lowest BCUT2D eigenvalue weighted by Crippen LogP contribution is -2.39. The van der Waals surface area contributed by atoms with Crippen LogP contribution in [0.15, 0.2) is 48.5 Å². The van der Waals surface area contributed by atoms with E-state index in [9.17, 15) is 19.1 Å².